The fourth-order valence-electron chi connectivity index (χ4n) is 5.95. The number of carboxylic acid groups (broad SMARTS) is 1. The molecule has 13 heteroatoms. The predicted molar refractivity (Wildman–Crippen MR) is 153 cm³/mol. The van der Waals surface area contributed by atoms with Crippen LogP contribution in [0.1, 0.15) is 40.7 Å². The highest BCUT2D eigenvalue weighted by Gasteiger charge is 2.36. The second kappa shape index (κ2) is 12.1. The summed E-state index contributed by atoms with van der Waals surface area (Å²) in [7, 11) is 0. The minimum atomic E-state index is -1.06. The Hall–Kier alpha value is -4.36. The van der Waals surface area contributed by atoms with Crippen LogP contribution in [0.2, 0.25) is 0 Å². The van der Waals surface area contributed by atoms with Crippen molar-refractivity contribution in [2.75, 3.05) is 44.3 Å². The molecule has 4 heterocycles. The summed E-state index contributed by atoms with van der Waals surface area (Å²) in [5.74, 6) is -1.30. The van der Waals surface area contributed by atoms with Gasteiger partial charge in [-0.1, -0.05) is 0 Å². The molecule has 0 bridgehead atoms. The standard InChI is InChI=1S/C30H33FN6O6/c31-24-13-25-18(14-33-30(34-25)36-7-9-42-10-8-36)11-20(24)15-35-6-5-22(17-35)43-21-1-2-23-19(12-21)16-37(29(23)41)26(28(32)40)3-4-27(38)39/h1-2,11-14,22,26H,3-10,15-17H2,(H2,32,40)(H,38,39). The molecular formula is C30H33FN6O6. The molecule has 3 N–H and O–H groups in total. The molecule has 2 unspecified atom stereocenters. The van der Waals surface area contributed by atoms with Crippen LogP contribution >= 0.6 is 0 Å². The molecule has 2 aromatic carbocycles. The van der Waals surface area contributed by atoms with E-state index in [1.807, 2.05) is 4.90 Å². The van der Waals surface area contributed by atoms with E-state index in [0.717, 1.165) is 18.4 Å². The summed E-state index contributed by atoms with van der Waals surface area (Å²) in [6, 6.07) is 7.43. The fourth-order valence-corrected chi connectivity index (χ4v) is 5.95. The maximum absolute atomic E-state index is 15.1. The summed E-state index contributed by atoms with van der Waals surface area (Å²) in [5, 5.41) is 9.78. The van der Waals surface area contributed by atoms with Crippen molar-refractivity contribution in [3.63, 3.8) is 0 Å². The van der Waals surface area contributed by atoms with Gasteiger partial charge in [0.05, 0.1) is 18.7 Å². The van der Waals surface area contributed by atoms with E-state index in [0.29, 0.717) is 73.3 Å². The van der Waals surface area contributed by atoms with Crippen molar-refractivity contribution in [3.05, 3.63) is 59.0 Å². The highest BCUT2D eigenvalue weighted by molar-refractivity contribution is 6.01. The fraction of sp³-hybridized carbons (Fsp3) is 0.433. The largest absolute Gasteiger partial charge is 0.489 e. The molecule has 6 rings (SSSR count). The quantitative estimate of drug-likeness (QED) is 0.357. The maximum Gasteiger partial charge on any atom is 0.303 e. The first-order valence-electron chi connectivity index (χ1n) is 14.4. The van der Waals surface area contributed by atoms with Crippen LogP contribution in [0.25, 0.3) is 10.9 Å². The summed E-state index contributed by atoms with van der Waals surface area (Å²) in [5.41, 5.74) is 7.75. The lowest BCUT2D eigenvalue weighted by Gasteiger charge is -2.26. The number of anilines is 1. The van der Waals surface area contributed by atoms with Crippen molar-refractivity contribution in [2.45, 2.75) is 44.5 Å². The zero-order valence-electron chi connectivity index (χ0n) is 23.6. The minimum Gasteiger partial charge on any atom is -0.489 e. The van der Waals surface area contributed by atoms with Crippen molar-refractivity contribution >= 4 is 34.6 Å². The Bertz CT molecular complexity index is 1560. The molecule has 3 aliphatic rings. The van der Waals surface area contributed by atoms with Gasteiger partial charge in [0.2, 0.25) is 11.9 Å². The maximum atomic E-state index is 15.1. The normalized spacial score (nSPS) is 19.6. The van der Waals surface area contributed by atoms with E-state index in [-0.39, 0.29) is 37.2 Å². The van der Waals surface area contributed by atoms with Crippen LogP contribution in [-0.4, -0.2) is 94.2 Å². The summed E-state index contributed by atoms with van der Waals surface area (Å²) >= 11 is 0. The van der Waals surface area contributed by atoms with Crippen molar-refractivity contribution in [3.8, 4) is 5.75 Å². The number of rotatable bonds is 10. The van der Waals surface area contributed by atoms with Gasteiger partial charge in [-0.2, -0.15) is 0 Å². The summed E-state index contributed by atoms with van der Waals surface area (Å²) in [6.07, 6.45) is 2.05. The van der Waals surface area contributed by atoms with E-state index >= 15 is 4.39 Å². The first kappa shape index (κ1) is 28.7. The lowest BCUT2D eigenvalue weighted by Crippen LogP contribution is -2.45. The highest BCUT2D eigenvalue weighted by atomic mass is 19.1. The van der Waals surface area contributed by atoms with Gasteiger partial charge in [-0.05, 0) is 42.7 Å². The van der Waals surface area contributed by atoms with Gasteiger partial charge in [0, 0.05) is 74.5 Å². The van der Waals surface area contributed by atoms with Gasteiger partial charge >= 0.3 is 5.97 Å². The smallest absolute Gasteiger partial charge is 0.303 e. The van der Waals surface area contributed by atoms with Gasteiger partial charge < -0.3 is 30.1 Å². The third-order valence-electron chi connectivity index (χ3n) is 8.20. The van der Waals surface area contributed by atoms with Gasteiger partial charge in [0.1, 0.15) is 23.7 Å². The Morgan fingerprint density at radius 3 is 2.77 bits per heavy atom. The number of halogens is 1. The van der Waals surface area contributed by atoms with Crippen molar-refractivity contribution < 1.29 is 33.4 Å². The predicted octanol–water partition coefficient (Wildman–Crippen LogP) is 1.93. The Morgan fingerprint density at radius 2 is 2.00 bits per heavy atom. The number of morpholine rings is 1. The first-order valence-corrected chi connectivity index (χ1v) is 14.4. The second-order valence-corrected chi connectivity index (χ2v) is 11.1. The Morgan fingerprint density at radius 1 is 1.19 bits per heavy atom. The molecule has 3 aromatic rings. The van der Waals surface area contributed by atoms with Crippen molar-refractivity contribution in [1.29, 1.82) is 0 Å². The summed E-state index contributed by atoms with van der Waals surface area (Å²) in [4.78, 5) is 50.5. The number of aromatic nitrogens is 2. The minimum absolute atomic E-state index is 0.0496. The number of aliphatic carboxylic acids is 1. The number of hydrogen-bond donors (Lipinski definition) is 2. The number of nitrogens with zero attached hydrogens (tertiary/aromatic N) is 5. The van der Waals surface area contributed by atoms with Gasteiger partial charge in [-0.15, -0.1) is 0 Å². The van der Waals surface area contributed by atoms with Gasteiger partial charge in [-0.3, -0.25) is 19.3 Å². The number of likely N-dealkylation sites (tertiary alicyclic amines) is 1. The number of carboxylic acids is 1. The number of ether oxygens (including phenoxy) is 2. The molecule has 2 atom stereocenters. The third-order valence-corrected chi connectivity index (χ3v) is 8.20. The van der Waals surface area contributed by atoms with E-state index in [1.165, 1.54) is 11.0 Å². The lowest BCUT2D eigenvalue weighted by atomic mass is 10.1. The van der Waals surface area contributed by atoms with E-state index < -0.39 is 17.9 Å². The second-order valence-electron chi connectivity index (χ2n) is 11.1. The first-order chi connectivity index (χ1) is 20.7. The molecule has 3 aliphatic heterocycles. The topological polar surface area (TPSA) is 151 Å². The van der Waals surface area contributed by atoms with Crippen LogP contribution < -0.4 is 15.4 Å². The van der Waals surface area contributed by atoms with Gasteiger partial charge in [-0.25, -0.2) is 14.4 Å². The van der Waals surface area contributed by atoms with Crippen LogP contribution in [0, 0.1) is 5.82 Å². The average Bonchev–Trinajstić information content (AvgIpc) is 3.56. The highest BCUT2D eigenvalue weighted by Crippen LogP contribution is 2.31. The van der Waals surface area contributed by atoms with Gasteiger partial charge in [0.25, 0.3) is 5.91 Å². The van der Waals surface area contributed by atoms with Crippen LogP contribution in [0.15, 0.2) is 36.5 Å². The zero-order chi connectivity index (χ0) is 30.1. The summed E-state index contributed by atoms with van der Waals surface area (Å²) < 4.78 is 26.8. The number of carbonyl (C=O) groups is 3. The Kier molecular flexibility index (Phi) is 8.08. The van der Waals surface area contributed by atoms with Crippen LogP contribution in [0.3, 0.4) is 0 Å². The zero-order valence-corrected chi connectivity index (χ0v) is 23.6. The monoisotopic (exact) mass is 592 g/mol. The molecule has 1 aromatic heterocycles. The molecule has 2 fully saturated rings. The molecule has 2 amide bonds. The SMILES string of the molecule is NC(=O)C(CCC(=O)O)N1Cc2cc(OC3CCN(Cc4cc5cnc(N6CCOCC6)nc5cc4F)C3)ccc2C1=O. The molecule has 0 saturated carbocycles. The van der Waals surface area contributed by atoms with Crippen molar-refractivity contribution in [2.24, 2.45) is 5.73 Å². The molecule has 43 heavy (non-hydrogen) atoms. The number of carbonyl (C=O) groups excluding carboxylic acids is 2. The Balaban J connectivity index is 1.07. The number of hydrogen-bond acceptors (Lipinski definition) is 9. The number of benzene rings is 2. The lowest BCUT2D eigenvalue weighted by molar-refractivity contribution is -0.137. The number of fused-ring (bicyclic) bond motifs is 2. The molecule has 226 valence electrons. The number of nitrogens with two attached hydrogens (primary N) is 1. The molecule has 2 saturated heterocycles. The molecular weight excluding hydrogens is 559 g/mol. The summed E-state index contributed by atoms with van der Waals surface area (Å²) in [6.45, 7) is 4.55. The van der Waals surface area contributed by atoms with Crippen LogP contribution in [0.4, 0.5) is 10.3 Å². The third kappa shape index (κ3) is 6.22. The van der Waals surface area contributed by atoms with Gasteiger partial charge in [0.15, 0.2) is 0 Å². The van der Waals surface area contributed by atoms with E-state index in [1.54, 1.807) is 30.5 Å². The molecule has 0 spiro atoms. The number of primary amides is 1. The molecule has 0 radical (unpaired) electrons. The Labute approximate surface area is 247 Å². The molecule has 0 aliphatic carbocycles. The number of amides is 2. The van der Waals surface area contributed by atoms with E-state index in [2.05, 4.69) is 14.9 Å². The average molecular weight is 593 g/mol. The van der Waals surface area contributed by atoms with Crippen molar-refractivity contribution in [1.82, 2.24) is 19.8 Å². The molecule has 12 nitrogen and oxygen atoms in total. The van der Waals surface area contributed by atoms with E-state index in [9.17, 15) is 14.4 Å². The van der Waals surface area contributed by atoms with Crippen LogP contribution in [0.5, 0.6) is 5.75 Å². The van der Waals surface area contributed by atoms with Crippen LogP contribution in [-0.2, 0) is 27.4 Å². The van der Waals surface area contributed by atoms with E-state index in [4.69, 9.17) is 20.3 Å².